The molecule has 0 spiro atoms. The predicted molar refractivity (Wildman–Crippen MR) is 91.2 cm³/mol. The highest BCUT2D eigenvalue weighted by molar-refractivity contribution is 7.98. The third-order valence-electron chi connectivity index (χ3n) is 3.91. The van der Waals surface area contributed by atoms with Gasteiger partial charge < -0.3 is 13.7 Å². The second kappa shape index (κ2) is 6.97. The summed E-state index contributed by atoms with van der Waals surface area (Å²) in [5.41, 5.74) is 1.92. The standard InChI is InChI=1S/C17H18N4O3S/c1-10-7-11(2)19-17(18-10)25-9-13-3-4-14(23-13)16-20-15(21-24-16)12-5-6-22-8-12/h3-4,7,12H,5-6,8-9H2,1-2H3/t12-/m1/s1. The minimum atomic E-state index is 0.212. The molecule has 0 radical (unpaired) electrons. The lowest BCUT2D eigenvalue weighted by Gasteiger charge is -2.01. The first-order valence-corrected chi connectivity index (χ1v) is 9.11. The summed E-state index contributed by atoms with van der Waals surface area (Å²) in [5, 5.41) is 4.79. The van der Waals surface area contributed by atoms with Gasteiger partial charge in [0.1, 0.15) is 5.76 Å². The van der Waals surface area contributed by atoms with Crippen LogP contribution in [0.1, 0.15) is 35.3 Å². The molecule has 1 aliphatic rings. The SMILES string of the molecule is Cc1cc(C)nc(SCc2ccc(-c3nc([C@@H]4CCOC4)no3)o2)n1. The van der Waals surface area contributed by atoms with E-state index in [1.807, 2.05) is 32.0 Å². The van der Waals surface area contributed by atoms with Crippen LogP contribution in [0.3, 0.4) is 0 Å². The maximum atomic E-state index is 5.82. The Morgan fingerprint density at radius 1 is 1.16 bits per heavy atom. The Kier molecular flexibility index (Phi) is 4.54. The molecule has 3 aromatic rings. The van der Waals surface area contributed by atoms with Gasteiger partial charge in [0.05, 0.1) is 12.4 Å². The fourth-order valence-electron chi connectivity index (χ4n) is 2.70. The predicted octanol–water partition coefficient (Wildman–Crippen LogP) is 3.53. The third kappa shape index (κ3) is 3.74. The number of nitrogens with zero attached hydrogens (tertiary/aromatic N) is 4. The van der Waals surface area contributed by atoms with Crippen LogP contribution < -0.4 is 0 Å². The van der Waals surface area contributed by atoms with Gasteiger partial charge in [0.15, 0.2) is 16.7 Å². The molecule has 7 nitrogen and oxygen atoms in total. The number of aryl methyl sites for hydroxylation is 2. The van der Waals surface area contributed by atoms with E-state index in [1.165, 1.54) is 11.8 Å². The van der Waals surface area contributed by atoms with Crippen LogP contribution in [-0.4, -0.2) is 33.3 Å². The van der Waals surface area contributed by atoms with E-state index in [2.05, 4.69) is 20.1 Å². The number of thioether (sulfide) groups is 1. The summed E-state index contributed by atoms with van der Waals surface area (Å²) in [6, 6.07) is 5.71. The lowest BCUT2D eigenvalue weighted by Crippen LogP contribution is -1.99. The molecule has 0 amide bonds. The molecule has 0 aliphatic carbocycles. The first-order chi connectivity index (χ1) is 12.2. The van der Waals surface area contributed by atoms with Gasteiger partial charge in [0.2, 0.25) is 0 Å². The average Bonchev–Trinajstić information content (AvgIpc) is 3.31. The van der Waals surface area contributed by atoms with E-state index < -0.39 is 0 Å². The van der Waals surface area contributed by atoms with Crippen molar-refractivity contribution in [3.8, 4) is 11.7 Å². The summed E-state index contributed by atoms with van der Waals surface area (Å²) in [7, 11) is 0. The molecule has 0 bridgehead atoms. The molecular formula is C17H18N4O3S. The molecule has 130 valence electrons. The van der Waals surface area contributed by atoms with Gasteiger partial charge in [-0.3, -0.25) is 0 Å². The molecule has 8 heteroatoms. The van der Waals surface area contributed by atoms with Gasteiger partial charge >= 0.3 is 0 Å². The van der Waals surface area contributed by atoms with Crippen molar-refractivity contribution in [1.82, 2.24) is 20.1 Å². The summed E-state index contributed by atoms with van der Waals surface area (Å²) >= 11 is 1.54. The van der Waals surface area contributed by atoms with Crippen LogP contribution in [0.25, 0.3) is 11.7 Å². The summed E-state index contributed by atoms with van der Waals surface area (Å²) in [4.78, 5) is 13.3. The largest absolute Gasteiger partial charge is 0.455 e. The summed E-state index contributed by atoms with van der Waals surface area (Å²) in [6.07, 6.45) is 0.926. The maximum absolute atomic E-state index is 5.82. The lowest BCUT2D eigenvalue weighted by molar-refractivity contribution is 0.192. The second-order valence-corrected chi connectivity index (χ2v) is 6.95. The van der Waals surface area contributed by atoms with E-state index in [0.29, 0.717) is 29.8 Å². The maximum Gasteiger partial charge on any atom is 0.293 e. The highest BCUT2D eigenvalue weighted by atomic mass is 32.2. The zero-order chi connectivity index (χ0) is 17.2. The van der Waals surface area contributed by atoms with E-state index in [4.69, 9.17) is 13.7 Å². The number of hydrogen-bond donors (Lipinski definition) is 0. The Labute approximate surface area is 149 Å². The number of aromatic nitrogens is 4. The second-order valence-electron chi connectivity index (χ2n) is 6.01. The Hall–Kier alpha value is -2.19. The van der Waals surface area contributed by atoms with Gasteiger partial charge in [-0.25, -0.2) is 9.97 Å². The quantitative estimate of drug-likeness (QED) is 0.506. The Morgan fingerprint density at radius 2 is 2.00 bits per heavy atom. The van der Waals surface area contributed by atoms with E-state index >= 15 is 0 Å². The topological polar surface area (TPSA) is 87.1 Å². The molecule has 1 saturated heterocycles. The summed E-state index contributed by atoms with van der Waals surface area (Å²) in [5.74, 6) is 3.33. The first-order valence-electron chi connectivity index (χ1n) is 8.13. The number of ether oxygens (including phenoxy) is 1. The minimum Gasteiger partial charge on any atom is -0.455 e. The van der Waals surface area contributed by atoms with Crippen molar-refractivity contribution >= 4 is 11.8 Å². The van der Waals surface area contributed by atoms with E-state index in [9.17, 15) is 0 Å². The van der Waals surface area contributed by atoms with Crippen molar-refractivity contribution in [3.05, 3.63) is 41.2 Å². The molecule has 25 heavy (non-hydrogen) atoms. The first kappa shape index (κ1) is 16.3. The Morgan fingerprint density at radius 3 is 2.76 bits per heavy atom. The fraction of sp³-hybridized carbons (Fsp3) is 0.412. The molecule has 0 N–H and O–H groups in total. The van der Waals surface area contributed by atoms with E-state index in [1.54, 1.807) is 0 Å². The molecule has 0 unspecified atom stereocenters. The van der Waals surface area contributed by atoms with Gasteiger partial charge in [-0.2, -0.15) is 4.98 Å². The fourth-order valence-corrected chi connectivity index (χ4v) is 3.55. The number of furan rings is 1. The zero-order valence-corrected chi connectivity index (χ0v) is 14.9. The molecule has 4 heterocycles. The molecule has 1 atom stereocenters. The monoisotopic (exact) mass is 358 g/mol. The van der Waals surface area contributed by atoms with Gasteiger partial charge in [0, 0.05) is 23.9 Å². The van der Waals surface area contributed by atoms with Crippen LogP contribution in [0.4, 0.5) is 0 Å². The van der Waals surface area contributed by atoms with Gasteiger partial charge in [-0.05, 0) is 38.5 Å². The highest BCUT2D eigenvalue weighted by Crippen LogP contribution is 2.28. The van der Waals surface area contributed by atoms with Crippen molar-refractivity contribution in [2.45, 2.75) is 37.1 Å². The van der Waals surface area contributed by atoms with Crippen molar-refractivity contribution < 1.29 is 13.7 Å². The minimum absolute atomic E-state index is 0.212. The van der Waals surface area contributed by atoms with Crippen molar-refractivity contribution in [2.75, 3.05) is 13.2 Å². The smallest absolute Gasteiger partial charge is 0.293 e. The molecule has 0 saturated carbocycles. The van der Waals surface area contributed by atoms with Crippen LogP contribution in [0, 0.1) is 13.8 Å². The van der Waals surface area contributed by atoms with Crippen LogP contribution in [0.5, 0.6) is 0 Å². The summed E-state index contributed by atoms with van der Waals surface area (Å²) < 4.78 is 16.5. The lowest BCUT2D eigenvalue weighted by atomic mass is 10.1. The molecule has 3 aromatic heterocycles. The van der Waals surface area contributed by atoms with Gasteiger partial charge in [-0.15, -0.1) is 0 Å². The number of rotatable bonds is 5. The van der Waals surface area contributed by atoms with E-state index in [0.717, 1.165) is 35.3 Å². The third-order valence-corrected chi connectivity index (χ3v) is 4.78. The molecule has 1 aliphatic heterocycles. The Balaban J connectivity index is 1.43. The Bertz CT molecular complexity index is 850. The van der Waals surface area contributed by atoms with Crippen LogP contribution in [-0.2, 0) is 10.5 Å². The van der Waals surface area contributed by atoms with Gasteiger partial charge in [0.25, 0.3) is 5.89 Å². The van der Waals surface area contributed by atoms with Crippen LogP contribution >= 0.6 is 11.8 Å². The summed E-state index contributed by atoms with van der Waals surface area (Å²) in [6.45, 7) is 5.32. The van der Waals surface area contributed by atoms with Crippen molar-refractivity contribution in [3.63, 3.8) is 0 Å². The van der Waals surface area contributed by atoms with Gasteiger partial charge in [-0.1, -0.05) is 16.9 Å². The molecule has 1 fully saturated rings. The molecule has 4 rings (SSSR count). The van der Waals surface area contributed by atoms with Crippen LogP contribution in [0.15, 0.2) is 32.3 Å². The van der Waals surface area contributed by atoms with Crippen molar-refractivity contribution in [2.24, 2.45) is 0 Å². The molecular weight excluding hydrogens is 340 g/mol. The zero-order valence-electron chi connectivity index (χ0n) is 14.1. The average molecular weight is 358 g/mol. The number of hydrogen-bond acceptors (Lipinski definition) is 8. The van der Waals surface area contributed by atoms with Crippen molar-refractivity contribution in [1.29, 1.82) is 0 Å². The van der Waals surface area contributed by atoms with Crippen LogP contribution in [0.2, 0.25) is 0 Å². The molecule has 0 aromatic carbocycles. The van der Waals surface area contributed by atoms with E-state index in [-0.39, 0.29) is 5.92 Å². The normalized spacial score (nSPS) is 17.3. The highest BCUT2D eigenvalue weighted by Gasteiger charge is 2.24.